The average molecular weight is 330 g/mol. The minimum atomic E-state index is 0.0904. The molecule has 0 unspecified atom stereocenters. The van der Waals surface area contributed by atoms with Gasteiger partial charge in [0.2, 0.25) is 0 Å². The van der Waals surface area contributed by atoms with Crippen LogP contribution in [0.2, 0.25) is 0 Å². The quantitative estimate of drug-likeness (QED) is 0.729. The van der Waals surface area contributed by atoms with Crippen LogP contribution in [0, 0.1) is 0 Å². The molecule has 4 bridgehead atoms. The van der Waals surface area contributed by atoms with Crippen LogP contribution in [-0.2, 0) is 32.3 Å². The number of rotatable bonds is 2. The van der Waals surface area contributed by atoms with Crippen LogP contribution < -0.4 is 0 Å². The molecule has 2 heteroatoms. The van der Waals surface area contributed by atoms with Crippen LogP contribution in [0.25, 0.3) is 11.1 Å². The van der Waals surface area contributed by atoms with E-state index in [9.17, 15) is 10.2 Å². The van der Waals surface area contributed by atoms with E-state index in [0.717, 1.165) is 42.4 Å². The summed E-state index contributed by atoms with van der Waals surface area (Å²) in [5.41, 5.74) is 8.04. The van der Waals surface area contributed by atoms with E-state index in [1.165, 1.54) is 22.3 Å². The van der Waals surface area contributed by atoms with Gasteiger partial charge < -0.3 is 10.2 Å². The van der Waals surface area contributed by atoms with Gasteiger partial charge in [-0.25, -0.2) is 0 Å². The zero-order chi connectivity index (χ0) is 17.2. The van der Waals surface area contributed by atoms with Crippen LogP contribution in [0.15, 0.2) is 60.7 Å². The topological polar surface area (TPSA) is 40.5 Å². The molecule has 25 heavy (non-hydrogen) atoms. The second-order valence-corrected chi connectivity index (χ2v) is 6.77. The van der Waals surface area contributed by atoms with Gasteiger partial charge in [0.25, 0.3) is 0 Å². The van der Waals surface area contributed by atoms with Crippen LogP contribution in [-0.4, -0.2) is 10.2 Å². The first kappa shape index (κ1) is 15.9. The Bertz CT molecular complexity index is 912. The maximum atomic E-state index is 10.3. The third kappa shape index (κ3) is 3.18. The van der Waals surface area contributed by atoms with Crippen LogP contribution in [0.3, 0.4) is 0 Å². The molecule has 0 saturated carbocycles. The summed E-state index contributed by atoms with van der Waals surface area (Å²) in [7, 11) is 0. The summed E-state index contributed by atoms with van der Waals surface area (Å²) >= 11 is 0. The third-order valence-electron chi connectivity index (χ3n) is 5.18. The van der Waals surface area contributed by atoms with Crippen LogP contribution in [0.4, 0.5) is 0 Å². The standard InChI is InChI=1S/C23H22O2/c24-15-20-13-16-5-6-17-8-10-19(12-11-18(20)9-7-16)22(14-17)21-3-1-2-4-23(21)25/h1-4,7-10,13-14,24-25H,5-6,11-12,15H2. The molecule has 0 fully saturated rings. The lowest BCUT2D eigenvalue weighted by Crippen LogP contribution is -2.03. The van der Waals surface area contributed by atoms with E-state index in [-0.39, 0.29) is 6.61 Å². The van der Waals surface area contributed by atoms with Crippen molar-refractivity contribution >= 4 is 0 Å². The van der Waals surface area contributed by atoms with Gasteiger partial charge in [-0.2, -0.15) is 0 Å². The number of aliphatic hydroxyl groups is 1. The van der Waals surface area contributed by atoms with Crippen molar-refractivity contribution in [2.75, 3.05) is 0 Å². The van der Waals surface area contributed by atoms with Crippen LogP contribution >= 0.6 is 0 Å². The molecule has 0 radical (unpaired) electrons. The Balaban J connectivity index is 1.81. The molecule has 0 amide bonds. The minimum absolute atomic E-state index is 0.0904. The summed E-state index contributed by atoms with van der Waals surface area (Å²) in [6, 6.07) is 20.7. The number of aliphatic hydroxyl groups excluding tert-OH is 1. The molecule has 0 aliphatic heterocycles. The summed E-state index contributed by atoms with van der Waals surface area (Å²) in [5, 5.41) is 20.0. The van der Waals surface area contributed by atoms with Gasteiger partial charge in [-0.15, -0.1) is 0 Å². The molecule has 0 atom stereocenters. The molecule has 4 aliphatic rings. The van der Waals surface area contributed by atoms with Gasteiger partial charge in [-0.3, -0.25) is 0 Å². The summed E-state index contributed by atoms with van der Waals surface area (Å²) in [5.74, 6) is 0.326. The van der Waals surface area contributed by atoms with E-state index in [0.29, 0.717) is 5.75 Å². The highest BCUT2D eigenvalue weighted by Gasteiger charge is 2.13. The molecule has 0 spiro atoms. The smallest absolute Gasteiger partial charge is 0.123 e. The lowest BCUT2D eigenvalue weighted by molar-refractivity contribution is 0.280. The Morgan fingerprint density at radius 2 is 1.36 bits per heavy atom. The van der Waals surface area contributed by atoms with Crippen molar-refractivity contribution in [1.82, 2.24) is 0 Å². The van der Waals surface area contributed by atoms with Gasteiger partial charge >= 0.3 is 0 Å². The van der Waals surface area contributed by atoms with E-state index in [4.69, 9.17) is 0 Å². The highest BCUT2D eigenvalue weighted by molar-refractivity contribution is 5.73. The molecule has 2 nitrogen and oxygen atoms in total. The molecular formula is C23H22O2. The summed E-state index contributed by atoms with van der Waals surface area (Å²) in [6.07, 6.45) is 3.67. The van der Waals surface area contributed by atoms with Crippen LogP contribution in [0.5, 0.6) is 5.75 Å². The van der Waals surface area contributed by atoms with Crippen LogP contribution in [0.1, 0.15) is 27.8 Å². The van der Waals surface area contributed by atoms with Gasteiger partial charge in [-0.1, -0.05) is 54.6 Å². The lowest BCUT2D eigenvalue weighted by Gasteiger charge is -2.17. The van der Waals surface area contributed by atoms with Gasteiger partial charge in [0.05, 0.1) is 6.61 Å². The number of phenolic OH excluding ortho intramolecular Hbond substituents is 1. The van der Waals surface area contributed by atoms with Gasteiger partial charge in [0, 0.05) is 5.56 Å². The molecule has 126 valence electrons. The maximum Gasteiger partial charge on any atom is 0.123 e. The first-order valence-electron chi connectivity index (χ1n) is 8.86. The van der Waals surface area contributed by atoms with Crippen molar-refractivity contribution in [1.29, 1.82) is 0 Å². The number of aryl methyl sites for hydroxylation is 4. The van der Waals surface area contributed by atoms with E-state index < -0.39 is 0 Å². The predicted molar refractivity (Wildman–Crippen MR) is 101 cm³/mol. The summed E-state index contributed by atoms with van der Waals surface area (Å²) < 4.78 is 0. The van der Waals surface area contributed by atoms with E-state index in [1.54, 1.807) is 6.07 Å². The molecule has 3 aromatic carbocycles. The van der Waals surface area contributed by atoms with Crippen molar-refractivity contribution in [3.05, 3.63) is 88.5 Å². The summed E-state index contributed by atoms with van der Waals surface area (Å²) in [6.45, 7) is 0.0904. The number of para-hydroxylation sites is 1. The lowest BCUT2D eigenvalue weighted by atomic mass is 9.89. The fraction of sp³-hybridized carbons (Fsp3) is 0.217. The van der Waals surface area contributed by atoms with E-state index >= 15 is 0 Å². The zero-order valence-corrected chi connectivity index (χ0v) is 14.2. The molecule has 0 saturated heterocycles. The second-order valence-electron chi connectivity index (χ2n) is 6.77. The first-order chi connectivity index (χ1) is 12.2. The Morgan fingerprint density at radius 1 is 0.680 bits per heavy atom. The largest absolute Gasteiger partial charge is 0.507 e. The molecule has 0 aromatic heterocycles. The molecule has 0 heterocycles. The normalized spacial score (nSPS) is 13.5. The van der Waals surface area contributed by atoms with E-state index in [2.05, 4.69) is 36.4 Å². The number of benzene rings is 3. The molecule has 3 aromatic rings. The number of phenols is 1. The number of hydrogen-bond donors (Lipinski definition) is 2. The average Bonchev–Trinajstić information content (AvgIpc) is 2.64. The van der Waals surface area contributed by atoms with Gasteiger partial charge in [0.1, 0.15) is 5.75 Å². The van der Waals surface area contributed by atoms with Crippen molar-refractivity contribution in [3.8, 4) is 16.9 Å². The van der Waals surface area contributed by atoms with Crippen molar-refractivity contribution in [2.45, 2.75) is 32.3 Å². The molecule has 4 aliphatic carbocycles. The SMILES string of the molecule is OCc1cc2ccc1CCc1ccc(cc1-c1ccccc1O)CC2. The monoisotopic (exact) mass is 330 g/mol. The summed E-state index contributed by atoms with van der Waals surface area (Å²) in [4.78, 5) is 0. The number of hydrogen-bond acceptors (Lipinski definition) is 2. The second kappa shape index (κ2) is 6.73. The molecular weight excluding hydrogens is 308 g/mol. The minimum Gasteiger partial charge on any atom is -0.507 e. The fourth-order valence-electron chi connectivity index (χ4n) is 3.73. The maximum absolute atomic E-state index is 10.3. The van der Waals surface area contributed by atoms with Crippen molar-refractivity contribution < 1.29 is 10.2 Å². The van der Waals surface area contributed by atoms with Crippen molar-refractivity contribution in [3.63, 3.8) is 0 Å². The molecule has 2 N–H and O–H groups in total. The third-order valence-corrected chi connectivity index (χ3v) is 5.18. The highest BCUT2D eigenvalue weighted by Crippen LogP contribution is 2.33. The Labute approximate surface area is 148 Å². The molecule has 7 rings (SSSR count). The van der Waals surface area contributed by atoms with Gasteiger partial charge in [0.15, 0.2) is 0 Å². The first-order valence-corrected chi connectivity index (χ1v) is 8.86. The highest BCUT2D eigenvalue weighted by atomic mass is 16.3. The van der Waals surface area contributed by atoms with E-state index in [1.807, 2.05) is 18.2 Å². The Morgan fingerprint density at radius 3 is 2.12 bits per heavy atom. The predicted octanol–water partition coefficient (Wildman–Crippen LogP) is 4.44. The number of aromatic hydroxyl groups is 1. The van der Waals surface area contributed by atoms with Gasteiger partial charge in [-0.05, 0) is 65.1 Å². The van der Waals surface area contributed by atoms with Crippen molar-refractivity contribution in [2.24, 2.45) is 0 Å². The fourth-order valence-corrected chi connectivity index (χ4v) is 3.73. The Kier molecular flexibility index (Phi) is 4.29. The zero-order valence-electron chi connectivity index (χ0n) is 14.2. The Hall–Kier alpha value is -2.58.